The van der Waals surface area contributed by atoms with Gasteiger partial charge >= 0.3 is 113 Å². The van der Waals surface area contributed by atoms with Crippen LogP contribution in [0.2, 0.25) is 0 Å². The van der Waals surface area contributed by atoms with Crippen molar-refractivity contribution >= 4 is 113 Å². The first kappa shape index (κ1) is 159. The van der Waals surface area contributed by atoms with Crippen molar-refractivity contribution in [3.63, 3.8) is 0 Å². The molecule has 0 saturated heterocycles. The van der Waals surface area contributed by atoms with Gasteiger partial charge in [-0.05, 0) is 132 Å². The van der Waals surface area contributed by atoms with Gasteiger partial charge in [-0.1, -0.05) is 125 Å². The largest absolute Gasteiger partial charge is 0.478 e. The summed E-state index contributed by atoms with van der Waals surface area (Å²) in [5, 5.41) is 55.2. The topological polar surface area (TPSA) is 577 Å². The van der Waals surface area contributed by atoms with Crippen LogP contribution in [0.5, 0.6) is 0 Å². The number of carboxylic acid groups (broad SMARTS) is 7. The first-order valence-electron chi connectivity index (χ1n) is 34.7. The molecule has 0 rings (SSSR count). The lowest BCUT2D eigenvalue weighted by molar-refractivity contribution is -0.138. The molecule has 0 aliphatic heterocycles. The Labute approximate surface area is 741 Å². The van der Waals surface area contributed by atoms with Crippen LogP contribution in [0.1, 0.15) is 132 Å². The molecule has 0 radical (unpaired) electrons. The maximum Gasteiger partial charge on any atom is 0.332 e. The normalized spacial score (nSPS) is 7.60. The maximum atomic E-state index is 10.2. The van der Waals surface area contributed by atoms with Gasteiger partial charge in [-0.2, -0.15) is 0 Å². The molecule has 0 bridgehead atoms. The summed E-state index contributed by atoms with van der Waals surface area (Å²) in [5.74, 6) is -10.8. The quantitative estimate of drug-likeness (QED) is 0.0268. The van der Waals surface area contributed by atoms with Crippen molar-refractivity contribution in [1.82, 2.24) is 0 Å². The van der Waals surface area contributed by atoms with Crippen molar-refractivity contribution < 1.29 is 184 Å². The Balaban J connectivity index is -0.0000000564. The fourth-order valence-corrected chi connectivity index (χ4v) is 2.23. The highest BCUT2D eigenvalue weighted by Gasteiger charge is 2.02. The van der Waals surface area contributed by atoms with Gasteiger partial charge in [0.05, 0.1) is 82.8 Å². The predicted octanol–water partition coefficient (Wildman–Crippen LogP) is 13.4. The van der Waals surface area contributed by atoms with Gasteiger partial charge in [-0.15, -0.1) is 0 Å². The number of ether oxygens (including phenoxy) is 12. The molecule has 718 valence electrons. The molecule has 0 saturated carbocycles. The van der Waals surface area contributed by atoms with E-state index in [2.05, 4.69) is 182 Å². The van der Waals surface area contributed by atoms with E-state index in [1.165, 1.54) is 98.2 Å². The molecule has 0 aromatic rings. The van der Waals surface area contributed by atoms with E-state index in [1.54, 1.807) is 83.1 Å². The molecule has 0 aromatic heterocycles. The van der Waals surface area contributed by atoms with Crippen LogP contribution in [0.4, 0.5) is 0 Å². The Kier molecular flexibility index (Phi) is 146. The molecule has 0 amide bonds. The van der Waals surface area contributed by atoms with Gasteiger partial charge in [0, 0.05) is 108 Å². The first-order chi connectivity index (χ1) is 57.3. The number of carboxylic acids is 7. The Morgan fingerprint density at radius 1 is 0.183 bits per heavy atom. The summed E-state index contributed by atoms with van der Waals surface area (Å²) >= 11 is 0. The lowest BCUT2D eigenvalue weighted by Crippen LogP contribution is -1.98. The molecule has 0 unspecified atom stereocenters. The standard InChI is InChI=1S/12C5H8O2.7C4H6O2/c7*1-4(2)5(6)7-3;5*1-3-5(6)7-4-2;7*1-3(2)4(5)6/h7*1H2,2-3H3;5*3H,1,4H2,2H3;7*1H2,2H3,(H,5,6). The van der Waals surface area contributed by atoms with Gasteiger partial charge in [0.25, 0.3) is 0 Å². The molecule has 0 fully saturated rings. The summed E-state index contributed by atoms with van der Waals surface area (Å²) in [7, 11) is 9.31. The highest BCUT2D eigenvalue weighted by atomic mass is 16.6. The van der Waals surface area contributed by atoms with Crippen LogP contribution in [-0.4, -0.2) is 232 Å². The minimum Gasteiger partial charge on any atom is -0.478 e. The van der Waals surface area contributed by atoms with Gasteiger partial charge in [0.1, 0.15) is 0 Å². The van der Waals surface area contributed by atoms with E-state index >= 15 is 0 Å². The molecule has 38 nitrogen and oxygen atoms in total. The fraction of sp³-hybridized carbons (Fsp3) is 0.352. The Hall–Kier alpha value is -15.0. The third kappa shape index (κ3) is 199. The summed E-state index contributed by atoms with van der Waals surface area (Å²) in [6.45, 7) is 93.8. The molecule has 0 aliphatic carbocycles. The van der Waals surface area contributed by atoms with Gasteiger partial charge in [0.15, 0.2) is 0 Å². The molecule has 0 aromatic carbocycles. The first-order valence-corrected chi connectivity index (χ1v) is 34.7. The third-order valence-electron chi connectivity index (χ3n) is 8.56. The third-order valence-corrected chi connectivity index (χ3v) is 8.56. The molecule has 126 heavy (non-hydrogen) atoms. The Bertz CT molecular complexity index is 2860. The van der Waals surface area contributed by atoms with Crippen LogP contribution in [-0.2, 0) is 148 Å². The molecule has 0 atom stereocenters. The second kappa shape index (κ2) is 116. The van der Waals surface area contributed by atoms with Gasteiger partial charge in [-0.3, -0.25) is 0 Å². The smallest absolute Gasteiger partial charge is 0.332 e. The van der Waals surface area contributed by atoms with E-state index < -0.39 is 41.8 Å². The van der Waals surface area contributed by atoms with Crippen molar-refractivity contribution in [3.8, 4) is 0 Å². The molecule has 38 heteroatoms. The zero-order chi connectivity index (χ0) is 106. The van der Waals surface area contributed by atoms with Crippen LogP contribution in [0.3, 0.4) is 0 Å². The number of rotatable bonds is 24. The second-order valence-electron chi connectivity index (χ2n) is 21.3. The zero-order valence-electron chi connectivity index (χ0n) is 78.1. The average molecular weight is 1800 g/mol. The molecule has 0 heterocycles. The van der Waals surface area contributed by atoms with Crippen molar-refractivity contribution in [1.29, 1.82) is 0 Å². The van der Waals surface area contributed by atoms with Crippen LogP contribution < -0.4 is 0 Å². The fourth-order valence-electron chi connectivity index (χ4n) is 2.23. The molecular weight excluding hydrogens is 1660 g/mol. The van der Waals surface area contributed by atoms with Crippen LogP contribution >= 0.6 is 0 Å². The highest BCUT2D eigenvalue weighted by Crippen LogP contribution is 1.93. The van der Waals surface area contributed by atoms with Crippen LogP contribution in [0, 0.1) is 0 Å². The maximum absolute atomic E-state index is 10.2. The SMILES string of the molecule is C=C(C)C(=O)O.C=C(C)C(=O)O.C=C(C)C(=O)O.C=C(C)C(=O)O.C=C(C)C(=O)O.C=C(C)C(=O)O.C=C(C)C(=O)O.C=C(C)C(=O)OC.C=C(C)C(=O)OC.C=C(C)C(=O)OC.C=C(C)C(=O)OC.C=C(C)C(=O)OC.C=C(C)C(=O)OC.C=C(C)C(=O)OC.C=CC(=O)OCC.C=CC(=O)OCC.C=CC(=O)OCC.C=CC(=O)OCC.C=CC(=O)OCC. The average Bonchev–Trinajstić information content (AvgIpc) is 1.05. The van der Waals surface area contributed by atoms with Crippen LogP contribution in [0.15, 0.2) is 233 Å². The number of hydrogen-bond donors (Lipinski definition) is 7. The van der Waals surface area contributed by atoms with E-state index in [0.29, 0.717) is 72.0 Å². The van der Waals surface area contributed by atoms with E-state index in [0.717, 1.165) is 30.4 Å². The summed E-state index contributed by atoms with van der Waals surface area (Å²) < 4.78 is 52.1. The van der Waals surface area contributed by atoms with Crippen molar-refractivity contribution in [2.24, 2.45) is 0 Å². The van der Waals surface area contributed by atoms with E-state index in [-0.39, 0.29) is 111 Å². The lowest BCUT2D eigenvalue weighted by Gasteiger charge is -1.91. The van der Waals surface area contributed by atoms with Crippen LogP contribution in [0.25, 0.3) is 0 Å². The zero-order valence-corrected chi connectivity index (χ0v) is 78.1. The second-order valence-corrected chi connectivity index (χ2v) is 21.3. The van der Waals surface area contributed by atoms with E-state index in [9.17, 15) is 91.1 Å². The number of carbonyl (C=O) groups excluding carboxylic acids is 12. The number of carbonyl (C=O) groups is 19. The van der Waals surface area contributed by atoms with E-state index in [1.807, 2.05) is 0 Å². The number of hydrogen-bond acceptors (Lipinski definition) is 31. The summed E-state index contributed by atoms with van der Waals surface area (Å²) in [6, 6.07) is 0. The van der Waals surface area contributed by atoms with Crippen molar-refractivity contribution in [2.75, 3.05) is 82.8 Å². The number of aliphatic carboxylic acids is 7. The summed E-state index contributed by atoms with van der Waals surface area (Å²) in [4.78, 5) is 189. The minimum absolute atomic E-state index is 0.176. The lowest BCUT2D eigenvalue weighted by atomic mass is 10.4. The monoisotopic (exact) mass is 1800 g/mol. The molecule has 7 N–H and O–H groups in total. The number of methoxy groups -OCH3 is 7. The predicted molar refractivity (Wildman–Crippen MR) is 479 cm³/mol. The van der Waals surface area contributed by atoms with Gasteiger partial charge < -0.3 is 92.6 Å². The van der Waals surface area contributed by atoms with Crippen molar-refractivity contribution in [2.45, 2.75) is 132 Å². The van der Waals surface area contributed by atoms with Crippen molar-refractivity contribution in [3.05, 3.63) is 233 Å². The van der Waals surface area contributed by atoms with E-state index in [4.69, 9.17) is 35.7 Å². The number of esters is 12. The van der Waals surface area contributed by atoms with Gasteiger partial charge in [-0.25, -0.2) is 91.1 Å². The Morgan fingerprint density at radius 2 is 0.246 bits per heavy atom. The highest BCUT2D eigenvalue weighted by molar-refractivity contribution is 5.91. The molecule has 0 spiro atoms. The summed E-state index contributed by atoms with van der Waals surface area (Å²) in [6.07, 6.45) is 5.71. The Morgan fingerprint density at radius 3 is 0.254 bits per heavy atom. The summed E-state index contributed by atoms with van der Waals surface area (Å²) in [5.41, 5.74) is 4.26. The minimum atomic E-state index is -0.935. The molecular formula is C88H138O38. The van der Waals surface area contributed by atoms with Gasteiger partial charge in [0.2, 0.25) is 0 Å². The molecule has 0 aliphatic rings.